The van der Waals surface area contributed by atoms with Crippen LogP contribution in [0, 0.1) is 5.92 Å². The number of fused-ring (bicyclic) bond motifs is 3. The highest BCUT2D eigenvalue weighted by Crippen LogP contribution is 2.43. The first-order valence-electron chi connectivity index (χ1n) is 10.4. The zero-order valence-electron chi connectivity index (χ0n) is 16.9. The third-order valence-corrected chi connectivity index (χ3v) is 7.32. The molecule has 3 amide bonds. The minimum Gasteiger partial charge on any atom is -0.361 e. The highest BCUT2D eigenvalue weighted by atomic mass is 32.1. The Kier molecular flexibility index (Phi) is 4.85. The fourth-order valence-corrected chi connectivity index (χ4v) is 5.56. The van der Waals surface area contributed by atoms with Crippen LogP contribution in [0.2, 0.25) is 0 Å². The lowest BCUT2D eigenvalue weighted by molar-refractivity contribution is -0.132. The molecule has 1 fully saturated rings. The summed E-state index contributed by atoms with van der Waals surface area (Å²) in [5, 5.41) is 4.45. The van der Waals surface area contributed by atoms with Gasteiger partial charge in [0.1, 0.15) is 17.3 Å². The molecule has 0 unspecified atom stereocenters. The van der Waals surface area contributed by atoms with Gasteiger partial charge in [0.05, 0.1) is 18.3 Å². The van der Waals surface area contributed by atoms with E-state index in [9.17, 15) is 14.4 Å². The standard InChI is InChI=1S/C21H24N4O4S/c1-23-12-18(27)25(10-13-2-3-13)21-19(20(23)28)15-7-9-24(11-16(15)30-21)17(26)5-4-14-6-8-22-29-14/h6,8,13H,2-5,7,9-12H2,1H3. The fraction of sp³-hybridized carbons (Fsp3) is 0.524. The van der Waals surface area contributed by atoms with Crippen LogP contribution in [0.15, 0.2) is 16.8 Å². The third-order valence-electron chi connectivity index (χ3n) is 6.08. The molecule has 1 saturated carbocycles. The van der Waals surface area contributed by atoms with Crippen molar-refractivity contribution in [2.75, 3.05) is 31.6 Å². The van der Waals surface area contributed by atoms with Gasteiger partial charge in [-0.2, -0.15) is 0 Å². The maximum absolute atomic E-state index is 13.1. The summed E-state index contributed by atoms with van der Waals surface area (Å²) in [4.78, 5) is 44.8. The molecule has 2 aromatic heterocycles. The van der Waals surface area contributed by atoms with Crippen LogP contribution in [-0.4, -0.2) is 59.4 Å². The van der Waals surface area contributed by atoms with E-state index in [1.807, 2.05) is 9.80 Å². The number of aryl methyl sites for hydroxylation is 1. The number of thiophene rings is 1. The van der Waals surface area contributed by atoms with Crippen molar-refractivity contribution in [2.45, 2.75) is 38.6 Å². The van der Waals surface area contributed by atoms with Gasteiger partial charge in [0.15, 0.2) is 0 Å². The van der Waals surface area contributed by atoms with Crippen LogP contribution in [0.5, 0.6) is 0 Å². The monoisotopic (exact) mass is 428 g/mol. The van der Waals surface area contributed by atoms with Gasteiger partial charge < -0.3 is 19.2 Å². The van der Waals surface area contributed by atoms with E-state index in [0.29, 0.717) is 56.1 Å². The lowest BCUT2D eigenvalue weighted by atomic mass is 10.0. The number of amides is 3. The van der Waals surface area contributed by atoms with E-state index in [1.54, 1.807) is 19.3 Å². The van der Waals surface area contributed by atoms with Crippen molar-refractivity contribution in [3.8, 4) is 0 Å². The molecule has 0 aromatic carbocycles. The minimum absolute atomic E-state index is 0.0184. The Hall–Kier alpha value is -2.68. The Balaban J connectivity index is 1.39. The molecule has 1 aliphatic carbocycles. The molecule has 9 heteroatoms. The predicted molar refractivity (Wildman–Crippen MR) is 110 cm³/mol. The van der Waals surface area contributed by atoms with Gasteiger partial charge in [0, 0.05) is 43.9 Å². The Bertz CT molecular complexity index is 995. The molecule has 2 aliphatic heterocycles. The SMILES string of the molecule is CN1CC(=O)N(CC2CC2)c2sc3c(c2C1=O)CCN(C(=O)CCc1ccno1)C3. The summed E-state index contributed by atoms with van der Waals surface area (Å²) in [6.07, 6.45) is 5.39. The Morgan fingerprint density at radius 2 is 2.13 bits per heavy atom. The van der Waals surface area contributed by atoms with E-state index in [0.717, 1.165) is 28.3 Å². The van der Waals surface area contributed by atoms with Gasteiger partial charge in [-0.3, -0.25) is 14.4 Å². The molecular weight excluding hydrogens is 404 g/mol. The van der Waals surface area contributed by atoms with Crippen LogP contribution in [0.25, 0.3) is 0 Å². The van der Waals surface area contributed by atoms with Crippen molar-refractivity contribution in [1.82, 2.24) is 15.0 Å². The van der Waals surface area contributed by atoms with Crippen molar-refractivity contribution < 1.29 is 18.9 Å². The van der Waals surface area contributed by atoms with Crippen LogP contribution in [-0.2, 0) is 29.0 Å². The lowest BCUT2D eigenvalue weighted by Gasteiger charge is -2.27. The van der Waals surface area contributed by atoms with Crippen molar-refractivity contribution in [2.24, 2.45) is 5.92 Å². The van der Waals surface area contributed by atoms with E-state index >= 15 is 0 Å². The molecule has 8 nitrogen and oxygen atoms in total. The molecule has 4 heterocycles. The maximum atomic E-state index is 13.1. The number of hydrogen-bond acceptors (Lipinski definition) is 6. The summed E-state index contributed by atoms with van der Waals surface area (Å²) < 4.78 is 5.08. The van der Waals surface area contributed by atoms with E-state index in [1.165, 1.54) is 16.2 Å². The number of hydrogen-bond donors (Lipinski definition) is 0. The van der Waals surface area contributed by atoms with Gasteiger partial charge in [-0.25, -0.2) is 0 Å². The first kappa shape index (κ1) is 19.3. The van der Waals surface area contributed by atoms with Crippen LogP contribution in [0.1, 0.15) is 45.8 Å². The molecule has 5 rings (SSSR count). The smallest absolute Gasteiger partial charge is 0.257 e. The van der Waals surface area contributed by atoms with Crippen LogP contribution >= 0.6 is 11.3 Å². The Morgan fingerprint density at radius 3 is 2.87 bits per heavy atom. The lowest BCUT2D eigenvalue weighted by Crippen LogP contribution is -2.38. The summed E-state index contributed by atoms with van der Waals surface area (Å²) in [5.41, 5.74) is 1.69. The summed E-state index contributed by atoms with van der Waals surface area (Å²) in [6, 6.07) is 1.77. The molecule has 0 bridgehead atoms. The quantitative estimate of drug-likeness (QED) is 0.728. The van der Waals surface area contributed by atoms with Gasteiger partial charge in [0.2, 0.25) is 11.8 Å². The first-order valence-corrected chi connectivity index (χ1v) is 11.2. The number of aromatic nitrogens is 1. The molecular formula is C21H24N4O4S. The number of nitrogens with zero attached hydrogens (tertiary/aromatic N) is 4. The van der Waals surface area contributed by atoms with E-state index in [-0.39, 0.29) is 24.3 Å². The average Bonchev–Trinajstić information content (AvgIpc) is 3.28. The highest BCUT2D eigenvalue weighted by Gasteiger charge is 2.39. The molecule has 0 spiro atoms. The van der Waals surface area contributed by atoms with Gasteiger partial charge in [-0.15, -0.1) is 11.3 Å². The van der Waals surface area contributed by atoms with Gasteiger partial charge in [0.25, 0.3) is 5.91 Å². The van der Waals surface area contributed by atoms with Crippen molar-refractivity contribution in [3.63, 3.8) is 0 Å². The van der Waals surface area contributed by atoms with E-state index in [2.05, 4.69) is 5.16 Å². The first-order chi connectivity index (χ1) is 14.5. The molecule has 0 radical (unpaired) electrons. The summed E-state index contributed by atoms with van der Waals surface area (Å²) in [5.74, 6) is 1.20. The molecule has 0 atom stereocenters. The molecule has 158 valence electrons. The third kappa shape index (κ3) is 3.51. The summed E-state index contributed by atoms with van der Waals surface area (Å²) in [6.45, 7) is 1.88. The van der Waals surface area contributed by atoms with Crippen molar-refractivity contribution >= 4 is 34.1 Å². The molecule has 30 heavy (non-hydrogen) atoms. The Morgan fingerprint density at radius 1 is 1.30 bits per heavy atom. The van der Waals surface area contributed by atoms with E-state index in [4.69, 9.17) is 4.52 Å². The molecule has 0 N–H and O–H groups in total. The number of anilines is 1. The average molecular weight is 429 g/mol. The highest BCUT2D eigenvalue weighted by molar-refractivity contribution is 7.17. The largest absolute Gasteiger partial charge is 0.361 e. The van der Waals surface area contributed by atoms with Crippen LogP contribution in [0.3, 0.4) is 0 Å². The number of likely N-dealkylation sites (N-methyl/N-ethyl adjacent to an activating group) is 1. The second-order valence-electron chi connectivity index (χ2n) is 8.34. The van der Waals surface area contributed by atoms with Gasteiger partial charge in [-0.05, 0) is 30.7 Å². The second-order valence-corrected chi connectivity index (χ2v) is 9.42. The van der Waals surface area contributed by atoms with Crippen molar-refractivity contribution in [3.05, 3.63) is 34.0 Å². The van der Waals surface area contributed by atoms with Gasteiger partial charge in [-0.1, -0.05) is 5.16 Å². The van der Waals surface area contributed by atoms with Crippen molar-refractivity contribution in [1.29, 1.82) is 0 Å². The van der Waals surface area contributed by atoms with Crippen LogP contribution in [0.4, 0.5) is 5.00 Å². The minimum atomic E-state index is -0.0840. The van der Waals surface area contributed by atoms with E-state index < -0.39 is 0 Å². The number of carbonyl (C=O) groups excluding carboxylic acids is 3. The predicted octanol–water partition coefficient (Wildman–Crippen LogP) is 2.08. The summed E-state index contributed by atoms with van der Waals surface area (Å²) in [7, 11) is 1.69. The molecule has 2 aromatic rings. The normalized spacial score (nSPS) is 19.0. The fourth-order valence-electron chi connectivity index (χ4n) is 4.18. The Labute approximate surface area is 178 Å². The second kappa shape index (κ2) is 7.54. The number of rotatable bonds is 5. The molecule has 0 saturated heterocycles. The molecule has 3 aliphatic rings. The van der Waals surface area contributed by atoms with Gasteiger partial charge >= 0.3 is 0 Å². The summed E-state index contributed by atoms with van der Waals surface area (Å²) >= 11 is 1.51. The zero-order valence-corrected chi connectivity index (χ0v) is 17.7. The number of carbonyl (C=O) groups is 3. The van der Waals surface area contributed by atoms with Crippen LogP contribution < -0.4 is 4.90 Å². The zero-order chi connectivity index (χ0) is 20.8. The maximum Gasteiger partial charge on any atom is 0.257 e. The topological polar surface area (TPSA) is 87.0 Å².